The minimum Gasteiger partial charge on any atom is -0.481 e. The van der Waals surface area contributed by atoms with E-state index in [4.69, 9.17) is 5.11 Å². The number of aliphatic carboxylic acids is 1. The Hall–Kier alpha value is -1.35. The SMILES string of the molecule is Cc1ccc(CCN(C)CC(C)(C)C(=O)O)c(C)c1. The van der Waals surface area contributed by atoms with Crippen LogP contribution in [0.2, 0.25) is 0 Å². The Kier molecular flexibility index (Phi) is 5.12. The number of hydrogen-bond donors (Lipinski definition) is 1. The Morgan fingerprint density at radius 3 is 2.47 bits per heavy atom. The normalized spacial score (nSPS) is 11.9. The quantitative estimate of drug-likeness (QED) is 0.858. The maximum Gasteiger partial charge on any atom is 0.310 e. The molecule has 0 atom stereocenters. The molecule has 0 aliphatic carbocycles. The van der Waals surface area contributed by atoms with Crippen molar-refractivity contribution in [3.63, 3.8) is 0 Å². The molecule has 1 aromatic carbocycles. The Bertz CT molecular complexity index is 452. The summed E-state index contributed by atoms with van der Waals surface area (Å²) >= 11 is 0. The summed E-state index contributed by atoms with van der Waals surface area (Å²) < 4.78 is 0. The Morgan fingerprint density at radius 2 is 1.95 bits per heavy atom. The summed E-state index contributed by atoms with van der Waals surface area (Å²) in [6.45, 7) is 9.20. The van der Waals surface area contributed by atoms with Gasteiger partial charge in [-0.1, -0.05) is 23.8 Å². The van der Waals surface area contributed by atoms with Gasteiger partial charge in [-0.3, -0.25) is 4.79 Å². The lowest BCUT2D eigenvalue weighted by Crippen LogP contribution is -2.38. The van der Waals surface area contributed by atoms with Crippen LogP contribution in [0.1, 0.15) is 30.5 Å². The van der Waals surface area contributed by atoms with Gasteiger partial charge in [0.15, 0.2) is 0 Å². The van der Waals surface area contributed by atoms with Gasteiger partial charge < -0.3 is 10.0 Å². The number of rotatable bonds is 6. The van der Waals surface area contributed by atoms with Crippen molar-refractivity contribution >= 4 is 5.97 Å². The number of carboxylic acids is 1. The van der Waals surface area contributed by atoms with Crippen LogP contribution in [-0.4, -0.2) is 36.1 Å². The molecule has 0 aliphatic rings. The molecule has 1 rings (SSSR count). The molecule has 1 aromatic rings. The van der Waals surface area contributed by atoms with Crippen LogP contribution in [0.4, 0.5) is 0 Å². The highest BCUT2D eigenvalue weighted by atomic mass is 16.4. The minimum absolute atomic E-state index is 0.563. The monoisotopic (exact) mass is 263 g/mol. The molecular formula is C16H25NO2. The predicted octanol–water partition coefficient (Wildman–Crippen LogP) is 2.89. The minimum atomic E-state index is -0.745. The summed E-state index contributed by atoms with van der Waals surface area (Å²) in [6.07, 6.45) is 0.957. The Balaban J connectivity index is 2.55. The number of likely N-dealkylation sites (N-methyl/N-ethyl adjacent to an activating group) is 1. The standard InChI is InChI=1S/C16H25NO2/c1-12-6-7-14(13(2)10-12)8-9-17(5)11-16(3,4)15(18)19/h6-7,10H,8-9,11H2,1-5H3,(H,18,19). The first-order valence-electron chi connectivity index (χ1n) is 6.70. The zero-order valence-electron chi connectivity index (χ0n) is 12.7. The summed E-state index contributed by atoms with van der Waals surface area (Å²) in [6, 6.07) is 6.49. The number of hydrogen-bond acceptors (Lipinski definition) is 2. The van der Waals surface area contributed by atoms with Gasteiger partial charge in [-0.15, -0.1) is 0 Å². The fourth-order valence-electron chi connectivity index (χ4n) is 2.26. The zero-order chi connectivity index (χ0) is 14.6. The molecule has 0 heterocycles. The molecule has 0 spiro atoms. The molecule has 0 unspecified atom stereocenters. The topological polar surface area (TPSA) is 40.5 Å². The molecular weight excluding hydrogens is 238 g/mol. The summed E-state index contributed by atoms with van der Waals surface area (Å²) in [5.41, 5.74) is 3.23. The predicted molar refractivity (Wildman–Crippen MR) is 78.5 cm³/mol. The number of benzene rings is 1. The molecule has 3 nitrogen and oxygen atoms in total. The van der Waals surface area contributed by atoms with Crippen LogP contribution in [0.15, 0.2) is 18.2 Å². The van der Waals surface area contributed by atoms with Crippen LogP contribution in [-0.2, 0) is 11.2 Å². The number of carbonyl (C=O) groups is 1. The van der Waals surface area contributed by atoms with Gasteiger partial charge in [0.05, 0.1) is 5.41 Å². The van der Waals surface area contributed by atoms with Crippen LogP contribution in [0.25, 0.3) is 0 Å². The van der Waals surface area contributed by atoms with E-state index in [0.29, 0.717) is 6.54 Å². The molecule has 0 saturated carbocycles. The molecule has 0 fully saturated rings. The lowest BCUT2D eigenvalue weighted by atomic mass is 9.93. The molecule has 0 amide bonds. The van der Waals surface area contributed by atoms with Gasteiger partial charge in [0.25, 0.3) is 0 Å². The number of carboxylic acid groups (broad SMARTS) is 1. The van der Waals surface area contributed by atoms with Crippen molar-refractivity contribution in [1.82, 2.24) is 4.90 Å². The van der Waals surface area contributed by atoms with Crippen molar-refractivity contribution in [3.8, 4) is 0 Å². The lowest BCUT2D eigenvalue weighted by Gasteiger charge is -2.26. The second-order valence-corrected chi connectivity index (χ2v) is 6.11. The molecule has 0 aromatic heterocycles. The van der Waals surface area contributed by atoms with Gasteiger partial charge in [-0.05, 0) is 52.3 Å². The Morgan fingerprint density at radius 1 is 1.32 bits per heavy atom. The van der Waals surface area contributed by atoms with Crippen LogP contribution in [0.3, 0.4) is 0 Å². The average Bonchev–Trinajstić information content (AvgIpc) is 2.27. The van der Waals surface area contributed by atoms with Crippen molar-refractivity contribution in [3.05, 3.63) is 34.9 Å². The van der Waals surface area contributed by atoms with E-state index >= 15 is 0 Å². The Labute approximate surface area is 116 Å². The fourth-order valence-corrected chi connectivity index (χ4v) is 2.26. The van der Waals surface area contributed by atoms with E-state index in [1.165, 1.54) is 16.7 Å². The number of nitrogens with zero attached hydrogens (tertiary/aromatic N) is 1. The molecule has 19 heavy (non-hydrogen) atoms. The van der Waals surface area contributed by atoms with Gasteiger partial charge in [0.2, 0.25) is 0 Å². The third kappa shape index (κ3) is 4.67. The van der Waals surface area contributed by atoms with Crippen LogP contribution < -0.4 is 0 Å². The number of aryl methyl sites for hydroxylation is 2. The average molecular weight is 263 g/mol. The highest BCUT2D eigenvalue weighted by molar-refractivity contribution is 5.73. The summed E-state index contributed by atoms with van der Waals surface area (Å²) in [4.78, 5) is 13.2. The van der Waals surface area contributed by atoms with E-state index < -0.39 is 11.4 Å². The van der Waals surface area contributed by atoms with Crippen molar-refractivity contribution < 1.29 is 9.90 Å². The van der Waals surface area contributed by atoms with Crippen molar-refractivity contribution in [2.45, 2.75) is 34.1 Å². The van der Waals surface area contributed by atoms with E-state index in [1.54, 1.807) is 13.8 Å². The summed E-state index contributed by atoms with van der Waals surface area (Å²) in [7, 11) is 1.98. The van der Waals surface area contributed by atoms with Gasteiger partial charge in [0, 0.05) is 13.1 Å². The smallest absolute Gasteiger partial charge is 0.310 e. The highest BCUT2D eigenvalue weighted by Crippen LogP contribution is 2.17. The molecule has 106 valence electrons. The van der Waals surface area contributed by atoms with Crippen LogP contribution in [0.5, 0.6) is 0 Å². The van der Waals surface area contributed by atoms with E-state index in [-0.39, 0.29) is 0 Å². The molecule has 0 bridgehead atoms. The van der Waals surface area contributed by atoms with Gasteiger partial charge in [-0.25, -0.2) is 0 Å². The first-order valence-corrected chi connectivity index (χ1v) is 6.70. The maximum atomic E-state index is 11.1. The van der Waals surface area contributed by atoms with E-state index in [9.17, 15) is 4.79 Å². The lowest BCUT2D eigenvalue weighted by molar-refractivity contribution is -0.147. The van der Waals surface area contributed by atoms with Gasteiger partial charge in [0.1, 0.15) is 0 Å². The first-order chi connectivity index (χ1) is 8.72. The van der Waals surface area contributed by atoms with Gasteiger partial charge in [-0.2, -0.15) is 0 Å². The van der Waals surface area contributed by atoms with Crippen molar-refractivity contribution in [2.75, 3.05) is 20.1 Å². The van der Waals surface area contributed by atoms with Crippen LogP contribution >= 0.6 is 0 Å². The van der Waals surface area contributed by atoms with E-state index in [1.807, 2.05) is 7.05 Å². The van der Waals surface area contributed by atoms with Crippen molar-refractivity contribution in [1.29, 1.82) is 0 Å². The molecule has 3 heteroatoms. The van der Waals surface area contributed by atoms with E-state index in [0.717, 1.165) is 13.0 Å². The third-order valence-electron chi connectivity index (χ3n) is 3.51. The summed E-state index contributed by atoms with van der Waals surface area (Å²) in [5, 5.41) is 9.12. The van der Waals surface area contributed by atoms with Crippen LogP contribution in [0, 0.1) is 19.3 Å². The first kappa shape index (κ1) is 15.7. The highest BCUT2D eigenvalue weighted by Gasteiger charge is 2.28. The maximum absolute atomic E-state index is 11.1. The fraction of sp³-hybridized carbons (Fsp3) is 0.562. The molecule has 1 N–H and O–H groups in total. The molecule has 0 radical (unpaired) electrons. The molecule has 0 saturated heterocycles. The van der Waals surface area contributed by atoms with E-state index in [2.05, 4.69) is 36.9 Å². The largest absolute Gasteiger partial charge is 0.481 e. The third-order valence-corrected chi connectivity index (χ3v) is 3.51. The van der Waals surface area contributed by atoms with Gasteiger partial charge >= 0.3 is 5.97 Å². The summed E-state index contributed by atoms with van der Waals surface area (Å²) in [5.74, 6) is -0.745. The zero-order valence-corrected chi connectivity index (χ0v) is 12.7. The molecule has 0 aliphatic heterocycles. The second kappa shape index (κ2) is 6.20. The van der Waals surface area contributed by atoms with Crippen molar-refractivity contribution in [2.24, 2.45) is 5.41 Å². The second-order valence-electron chi connectivity index (χ2n) is 6.11.